The molecule has 0 aliphatic heterocycles. The lowest BCUT2D eigenvalue weighted by Crippen LogP contribution is -2.03. The highest BCUT2D eigenvalue weighted by Crippen LogP contribution is 2.20. The van der Waals surface area contributed by atoms with Crippen molar-refractivity contribution in [2.24, 2.45) is 0 Å². The lowest BCUT2D eigenvalue weighted by atomic mass is 10.3. The molecule has 2 aromatic carbocycles. The number of benzene rings is 2. The number of hydrogen-bond acceptors (Lipinski definition) is 4. The Labute approximate surface area is 136 Å². The van der Waals surface area contributed by atoms with Gasteiger partial charge in [0.05, 0.1) is 0 Å². The first kappa shape index (κ1) is 15.8. The van der Waals surface area contributed by atoms with Crippen molar-refractivity contribution in [3.8, 4) is 0 Å². The molecule has 0 saturated heterocycles. The molecular formula is C17H13F3N4. The molecule has 0 unspecified atom stereocenters. The van der Waals surface area contributed by atoms with Gasteiger partial charge in [-0.25, -0.2) is 18.2 Å². The van der Waals surface area contributed by atoms with Crippen LogP contribution in [0.15, 0.2) is 48.5 Å². The fraction of sp³-hybridized carbons (Fsp3) is 0.0588. The zero-order valence-corrected chi connectivity index (χ0v) is 12.6. The van der Waals surface area contributed by atoms with Crippen molar-refractivity contribution in [1.82, 2.24) is 9.97 Å². The third-order valence-electron chi connectivity index (χ3n) is 3.13. The van der Waals surface area contributed by atoms with E-state index in [4.69, 9.17) is 0 Å². The third kappa shape index (κ3) is 3.81. The Bertz CT molecular complexity index is 883. The predicted octanol–water partition coefficient (Wildman–Crippen LogP) is 4.69. The second kappa shape index (κ2) is 6.57. The molecule has 0 spiro atoms. The Kier molecular flexibility index (Phi) is 4.33. The van der Waals surface area contributed by atoms with Crippen LogP contribution >= 0.6 is 0 Å². The molecule has 0 radical (unpaired) electrons. The van der Waals surface area contributed by atoms with E-state index in [0.717, 1.165) is 12.1 Å². The summed E-state index contributed by atoms with van der Waals surface area (Å²) in [7, 11) is 0. The summed E-state index contributed by atoms with van der Waals surface area (Å²) in [6.07, 6.45) is 0. The predicted molar refractivity (Wildman–Crippen MR) is 86.1 cm³/mol. The molecule has 7 heteroatoms. The Morgan fingerprint density at radius 3 is 2.33 bits per heavy atom. The molecule has 122 valence electrons. The van der Waals surface area contributed by atoms with Crippen LogP contribution in [0.2, 0.25) is 0 Å². The molecule has 2 N–H and O–H groups in total. The van der Waals surface area contributed by atoms with Gasteiger partial charge in [0.25, 0.3) is 0 Å². The van der Waals surface area contributed by atoms with Gasteiger partial charge >= 0.3 is 0 Å². The van der Waals surface area contributed by atoms with Crippen molar-refractivity contribution in [2.75, 3.05) is 10.6 Å². The zero-order valence-electron chi connectivity index (χ0n) is 12.6. The van der Waals surface area contributed by atoms with Gasteiger partial charge in [-0.1, -0.05) is 6.07 Å². The summed E-state index contributed by atoms with van der Waals surface area (Å²) in [6, 6.07) is 11.0. The molecule has 1 heterocycles. The van der Waals surface area contributed by atoms with Crippen LogP contribution in [0.5, 0.6) is 0 Å². The van der Waals surface area contributed by atoms with E-state index >= 15 is 0 Å². The topological polar surface area (TPSA) is 49.8 Å². The molecule has 0 bridgehead atoms. The van der Waals surface area contributed by atoms with Gasteiger partial charge in [-0.2, -0.15) is 4.98 Å². The number of rotatable bonds is 4. The number of halogens is 3. The van der Waals surface area contributed by atoms with Gasteiger partial charge in [-0.05, 0) is 37.3 Å². The standard InChI is InChI=1S/C17H13F3N4/c1-10-7-16(22-12-4-2-3-11(18)8-12)24-17(21-10)23-13-5-6-14(19)15(20)9-13/h2-9H,1H3,(H2,21,22,23,24). The minimum absolute atomic E-state index is 0.208. The van der Waals surface area contributed by atoms with E-state index in [1.54, 1.807) is 25.1 Å². The van der Waals surface area contributed by atoms with Gasteiger partial charge in [0.15, 0.2) is 11.6 Å². The second-order valence-corrected chi connectivity index (χ2v) is 5.11. The number of hydrogen-bond donors (Lipinski definition) is 2. The van der Waals surface area contributed by atoms with Crippen molar-refractivity contribution < 1.29 is 13.2 Å². The van der Waals surface area contributed by atoms with Crippen LogP contribution in [0.1, 0.15) is 5.69 Å². The number of nitrogens with one attached hydrogen (secondary N) is 2. The van der Waals surface area contributed by atoms with Gasteiger partial charge in [0.2, 0.25) is 5.95 Å². The monoisotopic (exact) mass is 330 g/mol. The quantitative estimate of drug-likeness (QED) is 0.729. The van der Waals surface area contributed by atoms with Gasteiger partial charge < -0.3 is 10.6 Å². The van der Waals surface area contributed by atoms with E-state index in [2.05, 4.69) is 20.6 Å². The van der Waals surface area contributed by atoms with E-state index in [9.17, 15) is 13.2 Å². The summed E-state index contributed by atoms with van der Waals surface area (Å²) in [5.41, 5.74) is 1.50. The zero-order chi connectivity index (χ0) is 17.1. The molecular weight excluding hydrogens is 317 g/mol. The van der Waals surface area contributed by atoms with Crippen LogP contribution in [-0.4, -0.2) is 9.97 Å². The van der Waals surface area contributed by atoms with Gasteiger partial charge in [0, 0.05) is 29.2 Å². The van der Waals surface area contributed by atoms with Crippen LogP contribution in [0, 0.1) is 24.4 Å². The Morgan fingerprint density at radius 1 is 0.792 bits per heavy atom. The summed E-state index contributed by atoms with van der Waals surface area (Å²) in [5.74, 6) is -1.62. The van der Waals surface area contributed by atoms with Crippen molar-refractivity contribution >= 4 is 23.1 Å². The van der Waals surface area contributed by atoms with Gasteiger partial charge in [-0.3, -0.25) is 0 Å². The first-order chi connectivity index (χ1) is 11.5. The lowest BCUT2D eigenvalue weighted by Gasteiger charge is -2.10. The molecule has 0 fully saturated rings. The summed E-state index contributed by atoms with van der Waals surface area (Å²) >= 11 is 0. The molecule has 0 saturated carbocycles. The summed E-state index contributed by atoms with van der Waals surface area (Å²) in [4.78, 5) is 8.42. The number of anilines is 4. The lowest BCUT2D eigenvalue weighted by molar-refractivity contribution is 0.509. The molecule has 24 heavy (non-hydrogen) atoms. The fourth-order valence-corrected chi connectivity index (χ4v) is 2.11. The molecule has 3 rings (SSSR count). The highest BCUT2D eigenvalue weighted by molar-refractivity contribution is 5.60. The van der Waals surface area contributed by atoms with Crippen molar-refractivity contribution in [3.63, 3.8) is 0 Å². The molecule has 0 atom stereocenters. The largest absolute Gasteiger partial charge is 0.340 e. The Balaban J connectivity index is 1.84. The third-order valence-corrected chi connectivity index (χ3v) is 3.13. The SMILES string of the molecule is Cc1cc(Nc2cccc(F)c2)nc(Nc2ccc(F)c(F)c2)n1. The van der Waals surface area contributed by atoms with Crippen LogP contribution in [0.3, 0.4) is 0 Å². The maximum absolute atomic E-state index is 13.3. The van der Waals surface area contributed by atoms with Gasteiger partial charge in [-0.15, -0.1) is 0 Å². The Morgan fingerprint density at radius 2 is 1.58 bits per heavy atom. The normalized spacial score (nSPS) is 10.5. The highest BCUT2D eigenvalue weighted by atomic mass is 19.2. The molecule has 0 aliphatic rings. The fourth-order valence-electron chi connectivity index (χ4n) is 2.11. The first-order valence-electron chi connectivity index (χ1n) is 7.10. The summed E-state index contributed by atoms with van der Waals surface area (Å²) < 4.78 is 39.5. The number of aromatic nitrogens is 2. The van der Waals surface area contributed by atoms with Crippen LogP contribution in [-0.2, 0) is 0 Å². The maximum atomic E-state index is 13.3. The molecule has 0 aliphatic carbocycles. The van der Waals surface area contributed by atoms with Crippen LogP contribution < -0.4 is 10.6 Å². The minimum atomic E-state index is -0.967. The van der Waals surface area contributed by atoms with E-state index < -0.39 is 11.6 Å². The van der Waals surface area contributed by atoms with Gasteiger partial charge in [0.1, 0.15) is 11.6 Å². The van der Waals surface area contributed by atoms with Crippen molar-refractivity contribution in [1.29, 1.82) is 0 Å². The Hall–Kier alpha value is -3.09. The molecule has 1 aromatic heterocycles. The molecule has 4 nitrogen and oxygen atoms in total. The minimum Gasteiger partial charge on any atom is -0.340 e. The molecule has 3 aromatic rings. The van der Waals surface area contributed by atoms with Crippen molar-refractivity contribution in [2.45, 2.75) is 6.92 Å². The van der Waals surface area contributed by atoms with Crippen LogP contribution in [0.25, 0.3) is 0 Å². The van der Waals surface area contributed by atoms with E-state index in [-0.39, 0.29) is 11.8 Å². The van der Waals surface area contributed by atoms with E-state index in [1.165, 1.54) is 18.2 Å². The molecule has 0 amide bonds. The smallest absolute Gasteiger partial charge is 0.229 e. The summed E-state index contributed by atoms with van der Waals surface area (Å²) in [6.45, 7) is 1.76. The summed E-state index contributed by atoms with van der Waals surface area (Å²) in [5, 5.41) is 5.77. The van der Waals surface area contributed by atoms with E-state index in [0.29, 0.717) is 22.9 Å². The van der Waals surface area contributed by atoms with Crippen LogP contribution in [0.4, 0.5) is 36.3 Å². The average molecular weight is 330 g/mol. The number of aryl methyl sites for hydroxylation is 1. The average Bonchev–Trinajstić information content (AvgIpc) is 2.50. The maximum Gasteiger partial charge on any atom is 0.229 e. The van der Waals surface area contributed by atoms with Crippen molar-refractivity contribution in [3.05, 3.63) is 71.7 Å². The second-order valence-electron chi connectivity index (χ2n) is 5.11. The first-order valence-corrected chi connectivity index (χ1v) is 7.10. The van der Waals surface area contributed by atoms with E-state index in [1.807, 2.05) is 0 Å². The number of nitrogens with zero attached hydrogens (tertiary/aromatic N) is 2. The highest BCUT2D eigenvalue weighted by Gasteiger charge is 2.07.